The average Bonchev–Trinajstić information content (AvgIpc) is 2.98. The SMILES string of the molecule is [C-]#[N+]c1ccc(Nc2ncnc(OC3CC4CCC(C3)N4)c2O)c(Cl)c1. The Morgan fingerprint density at radius 2 is 2.04 bits per heavy atom. The summed E-state index contributed by atoms with van der Waals surface area (Å²) in [6.45, 7) is 7.01. The van der Waals surface area contributed by atoms with Crippen LogP contribution in [0, 0.1) is 6.57 Å². The van der Waals surface area contributed by atoms with Crippen LogP contribution in [0.2, 0.25) is 5.02 Å². The fourth-order valence-corrected chi connectivity index (χ4v) is 3.82. The topological polar surface area (TPSA) is 83.7 Å². The fourth-order valence-electron chi connectivity index (χ4n) is 3.60. The Labute approximate surface area is 156 Å². The number of hydrogen-bond donors (Lipinski definition) is 3. The Morgan fingerprint density at radius 3 is 2.73 bits per heavy atom. The lowest BCUT2D eigenvalue weighted by molar-refractivity contribution is 0.127. The summed E-state index contributed by atoms with van der Waals surface area (Å²) < 4.78 is 5.96. The van der Waals surface area contributed by atoms with E-state index in [1.165, 1.54) is 19.2 Å². The van der Waals surface area contributed by atoms with E-state index in [-0.39, 0.29) is 23.6 Å². The molecule has 2 unspecified atom stereocenters. The zero-order valence-corrected chi connectivity index (χ0v) is 14.7. The molecule has 26 heavy (non-hydrogen) atoms. The number of hydrogen-bond acceptors (Lipinski definition) is 6. The monoisotopic (exact) mass is 371 g/mol. The third kappa shape index (κ3) is 3.39. The van der Waals surface area contributed by atoms with Crippen LogP contribution >= 0.6 is 11.6 Å². The second-order valence-electron chi connectivity index (χ2n) is 6.63. The van der Waals surface area contributed by atoms with Gasteiger partial charge in [-0.25, -0.2) is 9.83 Å². The number of piperidine rings is 1. The standard InChI is InChI=1S/C18H18ClN5O2/c1-20-10-4-5-15(14(19)8-10)24-17-16(25)18(22-9-21-17)26-13-6-11-2-3-12(7-13)23-11/h4-5,8-9,11-13,23,25H,2-3,6-7H2,(H,21,22,24). The Balaban J connectivity index is 1.51. The van der Waals surface area contributed by atoms with Crippen molar-refractivity contribution >= 4 is 28.8 Å². The lowest BCUT2D eigenvalue weighted by atomic mass is 10.0. The largest absolute Gasteiger partial charge is 0.501 e. The van der Waals surface area contributed by atoms with E-state index in [1.54, 1.807) is 18.2 Å². The van der Waals surface area contributed by atoms with Crippen LogP contribution < -0.4 is 15.4 Å². The first-order chi connectivity index (χ1) is 12.6. The minimum atomic E-state index is -0.149. The van der Waals surface area contributed by atoms with Crippen molar-refractivity contribution in [2.24, 2.45) is 0 Å². The van der Waals surface area contributed by atoms with Crippen LogP contribution in [0.5, 0.6) is 11.6 Å². The van der Waals surface area contributed by atoms with Gasteiger partial charge in [0.05, 0.1) is 17.3 Å². The zero-order valence-electron chi connectivity index (χ0n) is 13.9. The normalized spacial score (nSPS) is 24.1. The fraction of sp³-hybridized carbons (Fsp3) is 0.389. The summed E-state index contributed by atoms with van der Waals surface area (Å²) in [5.41, 5.74) is 0.982. The molecule has 2 aliphatic rings. The van der Waals surface area contributed by atoms with Gasteiger partial charge in [0.25, 0.3) is 5.88 Å². The molecule has 0 amide bonds. The number of aromatic nitrogens is 2. The summed E-state index contributed by atoms with van der Waals surface area (Å²) in [5, 5.41) is 17.4. The molecule has 0 aliphatic carbocycles. The highest BCUT2D eigenvalue weighted by molar-refractivity contribution is 6.33. The smallest absolute Gasteiger partial charge is 0.262 e. The molecule has 2 fully saturated rings. The molecule has 0 radical (unpaired) electrons. The van der Waals surface area contributed by atoms with Crippen molar-refractivity contribution in [3.8, 4) is 11.6 Å². The Kier molecular flexibility index (Phi) is 4.53. The molecule has 2 aromatic rings. The average molecular weight is 372 g/mol. The molecule has 4 rings (SSSR count). The molecular formula is C18H18ClN5O2. The number of aromatic hydroxyl groups is 1. The third-order valence-electron chi connectivity index (χ3n) is 4.83. The highest BCUT2D eigenvalue weighted by Crippen LogP contribution is 2.37. The van der Waals surface area contributed by atoms with Crippen molar-refractivity contribution in [3.05, 3.63) is 41.0 Å². The minimum absolute atomic E-state index is 0.0314. The van der Waals surface area contributed by atoms with Crippen LogP contribution in [0.25, 0.3) is 4.85 Å². The lowest BCUT2D eigenvalue weighted by Gasteiger charge is -2.29. The summed E-state index contributed by atoms with van der Waals surface area (Å²) in [6.07, 6.45) is 5.54. The van der Waals surface area contributed by atoms with Gasteiger partial charge in [0.15, 0.2) is 11.5 Å². The van der Waals surface area contributed by atoms with Gasteiger partial charge in [-0.3, -0.25) is 0 Å². The molecule has 2 saturated heterocycles. The highest BCUT2D eigenvalue weighted by atomic mass is 35.5. The zero-order chi connectivity index (χ0) is 18.1. The molecule has 1 aromatic heterocycles. The van der Waals surface area contributed by atoms with Crippen LogP contribution in [-0.4, -0.2) is 33.3 Å². The summed E-state index contributed by atoms with van der Waals surface area (Å²) in [6, 6.07) is 5.83. The van der Waals surface area contributed by atoms with Gasteiger partial charge in [0, 0.05) is 12.1 Å². The van der Waals surface area contributed by atoms with Gasteiger partial charge in [0.1, 0.15) is 12.4 Å². The van der Waals surface area contributed by atoms with Crippen LogP contribution in [-0.2, 0) is 0 Å². The lowest BCUT2D eigenvalue weighted by Crippen LogP contribution is -2.42. The number of benzene rings is 1. The number of rotatable bonds is 4. The van der Waals surface area contributed by atoms with Crippen LogP contribution in [0.4, 0.5) is 17.2 Å². The van der Waals surface area contributed by atoms with Crippen LogP contribution in [0.3, 0.4) is 0 Å². The van der Waals surface area contributed by atoms with E-state index in [0.29, 0.717) is 28.5 Å². The molecule has 1 aromatic carbocycles. The molecule has 8 heteroatoms. The van der Waals surface area contributed by atoms with Gasteiger partial charge >= 0.3 is 0 Å². The van der Waals surface area contributed by atoms with Crippen LogP contribution in [0.15, 0.2) is 24.5 Å². The van der Waals surface area contributed by atoms with Crippen molar-refractivity contribution in [1.29, 1.82) is 0 Å². The van der Waals surface area contributed by atoms with E-state index in [1.807, 2.05) is 0 Å². The molecule has 3 heterocycles. The van der Waals surface area contributed by atoms with Crippen molar-refractivity contribution in [2.45, 2.75) is 43.9 Å². The van der Waals surface area contributed by atoms with Gasteiger partial charge in [-0.15, -0.1) is 0 Å². The molecule has 3 N–H and O–H groups in total. The molecule has 2 aliphatic heterocycles. The number of ether oxygens (including phenoxy) is 1. The third-order valence-corrected chi connectivity index (χ3v) is 5.14. The minimum Gasteiger partial charge on any atom is -0.501 e. The number of fused-ring (bicyclic) bond motifs is 2. The van der Waals surface area contributed by atoms with E-state index in [9.17, 15) is 5.11 Å². The maximum atomic E-state index is 10.5. The number of nitrogens with zero attached hydrogens (tertiary/aromatic N) is 3. The Hall–Kier alpha value is -2.56. The summed E-state index contributed by atoms with van der Waals surface area (Å²) in [5.74, 6) is 0.232. The molecule has 0 spiro atoms. The molecule has 2 atom stereocenters. The predicted molar refractivity (Wildman–Crippen MR) is 98.3 cm³/mol. The molecule has 2 bridgehead atoms. The second kappa shape index (κ2) is 6.98. The summed E-state index contributed by atoms with van der Waals surface area (Å²) in [7, 11) is 0. The van der Waals surface area contributed by atoms with Crippen molar-refractivity contribution in [2.75, 3.05) is 5.32 Å². The van der Waals surface area contributed by atoms with Gasteiger partial charge < -0.3 is 20.5 Å². The van der Waals surface area contributed by atoms with Gasteiger partial charge in [-0.1, -0.05) is 17.7 Å². The number of nitrogens with one attached hydrogen (secondary N) is 2. The quantitative estimate of drug-likeness (QED) is 0.709. The van der Waals surface area contributed by atoms with E-state index < -0.39 is 0 Å². The second-order valence-corrected chi connectivity index (χ2v) is 7.03. The summed E-state index contributed by atoms with van der Waals surface area (Å²) >= 11 is 6.18. The van der Waals surface area contributed by atoms with E-state index in [4.69, 9.17) is 22.9 Å². The maximum absolute atomic E-state index is 10.5. The molecule has 7 nitrogen and oxygen atoms in total. The van der Waals surface area contributed by atoms with Crippen molar-refractivity contribution < 1.29 is 9.84 Å². The first kappa shape index (κ1) is 16.9. The number of anilines is 2. The predicted octanol–water partition coefficient (Wildman–Crippen LogP) is 3.79. The highest BCUT2D eigenvalue weighted by Gasteiger charge is 2.35. The van der Waals surface area contributed by atoms with Gasteiger partial charge in [-0.05, 0) is 37.8 Å². The van der Waals surface area contributed by atoms with Gasteiger partial charge in [-0.2, -0.15) is 4.98 Å². The first-order valence-corrected chi connectivity index (χ1v) is 8.91. The maximum Gasteiger partial charge on any atom is 0.262 e. The van der Waals surface area contributed by atoms with E-state index in [2.05, 4.69) is 25.4 Å². The Morgan fingerprint density at radius 1 is 1.27 bits per heavy atom. The summed E-state index contributed by atoms with van der Waals surface area (Å²) in [4.78, 5) is 11.5. The molecule has 0 saturated carbocycles. The van der Waals surface area contributed by atoms with Gasteiger partial charge in [0.2, 0.25) is 5.75 Å². The first-order valence-electron chi connectivity index (χ1n) is 8.53. The molecular weight excluding hydrogens is 354 g/mol. The van der Waals surface area contributed by atoms with Crippen LogP contribution in [0.1, 0.15) is 25.7 Å². The van der Waals surface area contributed by atoms with Crippen molar-refractivity contribution in [3.63, 3.8) is 0 Å². The Bertz CT molecular complexity index is 857. The van der Waals surface area contributed by atoms with Crippen molar-refractivity contribution in [1.82, 2.24) is 15.3 Å². The molecule has 134 valence electrons. The van der Waals surface area contributed by atoms with E-state index >= 15 is 0 Å². The van der Waals surface area contributed by atoms with E-state index in [0.717, 1.165) is 12.8 Å². The number of halogens is 1.